The Labute approximate surface area is 124 Å². The van der Waals surface area contributed by atoms with E-state index in [4.69, 9.17) is 0 Å². The van der Waals surface area contributed by atoms with Crippen molar-refractivity contribution < 1.29 is 13.2 Å². The molecular formula is C13H20N2O3S2. The molecule has 1 aliphatic rings. The second kappa shape index (κ2) is 6.24. The molecule has 2 rings (SSSR count). The molecule has 1 aromatic heterocycles. The van der Waals surface area contributed by atoms with Crippen LogP contribution in [0.5, 0.6) is 0 Å². The van der Waals surface area contributed by atoms with E-state index in [1.54, 1.807) is 11.0 Å². The quantitative estimate of drug-likeness (QED) is 0.812. The number of amides is 1. The molecule has 1 N–H and O–H groups in total. The fourth-order valence-electron chi connectivity index (χ4n) is 2.37. The summed E-state index contributed by atoms with van der Waals surface area (Å²) in [6.45, 7) is 5.50. The number of nitrogens with zero attached hydrogens (tertiary/aromatic N) is 1. The molecule has 0 atom stereocenters. The molecule has 0 aromatic carbocycles. The molecule has 1 aromatic rings. The summed E-state index contributed by atoms with van der Waals surface area (Å²) in [5, 5.41) is 0. The molecule has 1 aliphatic heterocycles. The highest BCUT2D eigenvalue weighted by Crippen LogP contribution is 2.24. The van der Waals surface area contributed by atoms with E-state index in [1.165, 1.54) is 11.3 Å². The molecule has 1 saturated heterocycles. The Morgan fingerprint density at radius 1 is 1.40 bits per heavy atom. The Hall–Kier alpha value is -0.920. The van der Waals surface area contributed by atoms with Crippen LogP contribution in [0, 0.1) is 13.8 Å². The third-order valence-corrected chi connectivity index (χ3v) is 6.04. The van der Waals surface area contributed by atoms with Crippen LogP contribution in [0.15, 0.2) is 11.0 Å². The Morgan fingerprint density at radius 2 is 2.15 bits per heavy atom. The molecule has 0 bridgehead atoms. The maximum Gasteiger partial charge on any atom is 0.241 e. The number of carbonyl (C=O) groups excluding carboxylic acids is 1. The standard InChI is InChI=1S/C13H20N2O3S2/c1-10-9-12(11(2)19-10)20(17,18)14-6-4-8-15-7-3-5-13(15)16/h9,14H,3-8H2,1-2H3. The van der Waals surface area contributed by atoms with Crippen LogP contribution in [0.25, 0.3) is 0 Å². The van der Waals surface area contributed by atoms with Crippen molar-refractivity contribution in [3.63, 3.8) is 0 Å². The fourth-order valence-corrected chi connectivity index (χ4v) is 5.00. The number of carbonyl (C=O) groups is 1. The average Bonchev–Trinajstić information content (AvgIpc) is 2.91. The summed E-state index contributed by atoms with van der Waals surface area (Å²) >= 11 is 1.48. The van der Waals surface area contributed by atoms with E-state index >= 15 is 0 Å². The predicted molar refractivity (Wildman–Crippen MR) is 79.4 cm³/mol. The van der Waals surface area contributed by atoms with Crippen molar-refractivity contribution in [2.75, 3.05) is 19.6 Å². The average molecular weight is 316 g/mol. The first kappa shape index (κ1) is 15.5. The Bertz CT molecular complexity index is 593. The predicted octanol–water partition coefficient (Wildman–Crippen LogP) is 1.66. The van der Waals surface area contributed by atoms with Crippen LogP contribution in [0.2, 0.25) is 0 Å². The molecule has 7 heteroatoms. The summed E-state index contributed by atoms with van der Waals surface area (Å²) in [7, 11) is -3.42. The summed E-state index contributed by atoms with van der Waals surface area (Å²) < 4.78 is 26.9. The largest absolute Gasteiger partial charge is 0.343 e. The Morgan fingerprint density at radius 3 is 2.70 bits per heavy atom. The highest BCUT2D eigenvalue weighted by atomic mass is 32.2. The molecule has 2 heterocycles. The van der Waals surface area contributed by atoms with Crippen molar-refractivity contribution in [3.8, 4) is 0 Å². The van der Waals surface area contributed by atoms with E-state index in [-0.39, 0.29) is 5.91 Å². The first-order valence-electron chi connectivity index (χ1n) is 6.74. The second-order valence-electron chi connectivity index (χ2n) is 5.01. The number of aryl methyl sites for hydroxylation is 2. The number of hydrogen-bond donors (Lipinski definition) is 1. The molecule has 0 radical (unpaired) electrons. The minimum absolute atomic E-state index is 0.178. The summed E-state index contributed by atoms with van der Waals surface area (Å²) in [4.78, 5) is 15.4. The van der Waals surface area contributed by atoms with Crippen LogP contribution in [0.3, 0.4) is 0 Å². The fraction of sp³-hybridized carbons (Fsp3) is 0.615. The maximum absolute atomic E-state index is 12.1. The molecule has 0 unspecified atom stereocenters. The minimum Gasteiger partial charge on any atom is -0.343 e. The van der Waals surface area contributed by atoms with E-state index in [1.807, 2.05) is 13.8 Å². The van der Waals surface area contributed by atoms with E-state index in [9.17, 15) is 13.2 Å². The summed E-state index contributed by atoms with van der Waals surface area (Å²) in [6.07, 6.45) is 2.18. The topological polar surface area (TPSA) is 66.5 Å². The zero-order valence-electron chi connectivity index (χ0n) is 11.8. The number of thiophene rings is 1. The molecule has 20 heavy (non-hydrogen) atoms. The van der Waals surface area contributed by atoms with Crippen LogP contribution in [-0.4, -0.2) is 38.9 Å². The third-order valence-electron chi connectivity index (χ3n) is 3.35. The van der Waals surface area contributed by atoms with Gasteiger partial charge in [-0.1, -0.05) is 0 Å². The van der Waals surface area contributed by atoms with Crippen LogP contribution >= 0.6 is 11.3 Å². The van der Waals surface area contributed by atoms with Gasteiger partial charge >= 0.3 is 0 Å². The van der Waals surface area contributed by atoms with Crippen LogP contribution in [0.1, 0.15) is 29.0 Å². The van der Waals surface area contributed by atoms with Gasteiger partial charge in [-0.25, -0.2) is 13.1 Å². The number of nitrogens with one attached hydrogen (secondary N) is 1. The highest BCUT2D eigenvalue weighted by Gasteiger charge is 2.21. The van der Waals surface area contributed by atoms with Gasteiger partial charge in [0, 0.05) is 35.8 Å². The number of sulfonamides is 1. The van der Waals surface area contributed by atoms with Gasteiger partial charge in [0.1, 0.15) is 0 Å². The number of rotatable bonds is 6. The zero-order chi connectivity index (χ0) is 14.8. The lowest BCUT2D eigenvalue weighted by atomic mass is 10.4. The number of likely N-dealkylation sites (tertiary alicyclic amines) is 1. The van der Waals surface area contributed by atoms with Crippen molar-refractivity contribution >= 4 is 27.3 Å². The molecule has 112 valence electrons. The van der Waals surface area contributed by atoms with E-state index in [2.05, 4.69) is 4.72 Å². The van der Waals surface area contributed by atoms with Crippen LogP contribution in [0.4, 0.5) is 0 Å². The third kappa shape index (κ3) is 3.59. The smallest absolute Gasteiger partial charge is 0.241 e. The van der Waals surface area contributed by atoms with E-state index in [0.29, 0.717) is 30.8 Å². The summed E-state index contributed by atoms with van der Waals surface area (Å²) in [5.74, 6) is 0.178. The minimum atomic E-state index is -3.42. The van der Waals surface area contributed by atoms with Gasteiger partial charge in [-0.05, 0) is 32.8 Å². The van der Waals surface area contributed by atoms with Gasteiger partial charge in [-0.15, -0.1) is 11.3 Å². The highest BCUT2D eigenvalue weighted by molar-refractivity contribution is 7.89. The second-order valence-corrected chi connectivity index (χ2v) is 8.21. The van der Waals surface area contributed by atoms with Gasteiger partial charge in [0.05, 0.1) is 4.90 Å². The molecule has 0 saturated carbocycles. The van der Waals surface area contributed by atoms with Gasteiger partial charge in [-0.2, -0.15) is 0 Å². The van der Waals surface area contributed by atoms with Crippen molar-refractivity contribution in [1.29, 1.82) is 0 Å². The zero-order valence-corrected chi connectivity index (χ0v) is 13.4. The van der Waals surface area contributed by atoms with Gasteiger partial charge in [0.15, 0.2) is 0 Å². The van der Waals surface area contributed by atoms with Gasteiger partial charge in [0.2, 0.25) is 15.9 Å². The maximum atomic E-state index is 12.1. The normalized spacial score (nSPS) is 16.1. The molecule has 5 nitrogen and oxygen atoms in total. The van der Waals surface area contributed by atoms with Crippen molar-refractivity contribution in [2.24, 2.45) is 0 Å². The van der Waals surface area contributed by atoms with Gasteiger partial charge in [0.25, 0.3) is 0 Å². The first-order chi connectivity index (χ1) is 9.40. The van der Waals surface area contributed by atoms with Crippen molar-refractivity contribution in [3.05, 3.63) is 15.8 Å². The monoisotopic (exact) mass is 316 g/mol. The van der Waals surface area contributed by atoms with Crippen LogP contribution < -0.4 is 4.72 Å². The molecule has 0 spiro atoms. The SMILES string of the molecule is Cc1cc(S(=O)(=O)NCCCN2CCCC2=O)c(C)s1. The van der Waals surface area contributed by atoms with Gasteiger partial charge in [-0.3, -0.25) is 4.79 Å². The molecule has 1 amide bonds. The summed E-state index contributed by atoms with van der Waals surface area (Å²) in [6, 6.07) is 1.70. The lowest BCUT2D eigenvalue weighted by Gasteiger charge is -2.15. The Kier molecular flexibility index (Phi) is 4.82. The lowest BCUT2D eigenvalue weighted by Crippen LogP contribution is -2.30. The number of hydrogen-bond acceptors (Lipinski definition) is 4. The van der Waals surface area contributed by atoms with Gasteiger partial charge < -0.3 is 4.90 Å². The summed E-state index contributed by atoms with van der Waals surface area (Å²) in [5.41, 5.74) is 0. The van der Waals surface area contributed by atoms with E-state index in [0.717, 1.165) is 22.7 Å². The molecular weight excluding hydrogens is 296 g/mol. The van der Waals surface area contributed by atoms with Crippen LogP contribution in [-0.2, 0) is 14.8 Å². The van der Waals surface area contributed by atoms with E-state index < -0.39 is 10.0 Å². The lowest BCUT2D eigenvalue weighted by molar-refractivity contribution is -0.127. The Balaban J connectivity index is 1.84. The molecule has 1 fully saturated rings. The van der Waals surface area contributed by atoms with Crippen molar-refractivity contribution in [2.45, 2.75) is 38.0 Å². The molecule has 0 aliphatic carbocycles. The first-order valence-corrected chi connectivity index (χ1v) is 9.04. The van der Waals surface area contributed by atoms with Crippen molar-refractivity contribution in [1.82, 2.24) is 9.62 Å².